The highest BCUT2D eigenvalue weighted by atomic mass is 16.7. The standard InChI is InChI=1S/C3H3N3O3/c7-3-1-4-5(2-3)6(8)9/h1H,2H2. The van der Waals surface area contributed by atoms with Crippen molar-refractivity contribution in [1.29, 1.82) is 0 Å². The average molecular weight is 129 g/mol. The maximum absolute atomic E-state index is 10.3. The van der Waals surface area contributed by atoms with E-state index in [1.54, 1.807) is 0 Å². The van der Waals surface area contributed by atoms with Crippen LogP contribution in [0.1, 0.15) is 0 Å². The summed E-state index contributed by atoms with van der Waals surface area (Å²) >= 11 is 0. The van der Waals surface area contributed by atoms with E-state index < -0.39 is 5.03 Å². The van der Waals surface area contributed by atoms with Gasteiger partial charge in [-0.3, -0.25) is 4.79 Å². The van der Waals surface area contributed by atoms with Gasteiger partial charge in [0.2, 0.25) is 12.0 Å². The van der Waals surface area contributed by atoms with Crippen molar-refractivity contribution < 1.29 is 9.83 Å². The highest BCUT2D eigenvalue weighted by molar-refractivity contribution is 6.29. The molecule has 0 radical (unpaired) electrons. The summed E-state index contributed by atoms with van der Waals surface area (Å²) in [6, 6.07) is 0. The fourth-order valence-corrected chi connectivity index (χ4v) is 0.452. The summed E-state index contributed by atoms with van der Waals surface area (Å²) in [5.74, 6) is -0.341. The highest BCUT2D eigenvalue weighted by Gasteiger charge is 2.23. The number of carbonyl (C=O) groups is 1. The summed E-state index contributed by atoms with van der Waals surface area (Å²) in [5.41, 5.74) is 0. The van der Waals surface area contributed by atoms with Crippen molar-refractivity contribution >= 4 is 12.0 Å². The Morgan fingerprint density at radius 2 is 2.56 bits per heavy atom. The van der Waals surface area contributed by atoms with Crippen LogP contribution in [-0.2, 0) is 4.79 Å². The summed E-state index contributed by atoms with van der Waals surface area (Å²) in [7, 11) is 0. The molecule has 48 valence electrons. The van der Waals surface area contributed by atoms with Gasteiger partial charge in [0.1, 0.15) is 0 Å². The molecule has 0 fully saturated rings. The molecule has 0 N–H and O–H groups in total. The number of nitrogens with zero attached hydrogens (tertiary/aromatic N) is 3. The monoisotopic (exact) mass is 129 g/mol. The van der Waals surface area contributed by atoms with Gasteiger partial charge in [-0.05, 0) is 0 Å². The van der Waals surface area contributed by atoms with E-state index in [1.807, 2.05) is 0 Å². The minimum Gasteiger partial charge on any atom is -0.339 e. The molecule has 0 atom stereocenters. The van der Waals surface area contributed by atoms with Crippen LogP contribution in [0.5, 0.6) is 0 Å². The van der Waals surface area contributed by atoms with Crippen molar-refractivity contribution in [3.63, 3.8) is 0 Å². The molecule has 6 heteroatoms. The Labute approximate surface area is 49.9 Å². The fourth-order valence-electron chi connectivity index (χ4n) is 0.452. The highest BCUT2D eigenvalue weighted by Crippen LogP contribution is 1.94. The third kappa shape index (κ3) is 1.01. The summed E-state index contributed by atoms with van der Waals surface area (Å²) in [5, 5.41) is 12.7. The van der Waals surface area contributed by atoms with Gasteiger partial charge in [0.15, 0.2) is 6.54 Å². The Bertz CT molecular complexity index is 187. The molecule has 0 amide bonds. The predicted octanol–water partition coefficient (Wildman–Crippen LogP) is -0.951. The van der Waals surface area contributed by atoms with Gasteiger partial charge in [-0.2, -0.15) is 0 Å². The second-order valence-corrected chi connectivity index (χ2v) is 1.48. The van der Waals surface area contributed by atoms with E-state index in [2.05, 4.69) is 5.10 Å². The maximum atomic E-state index is 10.3. The Morgan fingerprint density at radius 3 is 2.78 bits per heavy atom. The minimum absolute atomic E-state index is 0.243. The molecule has 6 nitrogen and oxygen atoms in total. The van der Waals surface area contributed by atoms with E-state index in [0.29, 0.717) is 5.12 Å². The van der Waals surface area contributed by atoms with Gasteiger partial charge in [0.05, 0.1) is 5.03 Å². The Hall–Kier alpha value is -1.46. The number of hydrazine groups is 1. The third-order valence-corrected chi connectivity index (χ3v) is 0.821. The molecule has 0 aromatic rings. The molecule has 0 spiro atoms. The van der Waals surface area contributed by atoms with Gasteiger partial charge >= 0.3 is 0 Å². The molecule has 0 saturated heterocycles. The van der Waals surface area contributed by atoms with Crippen LogP contribution in [0.25, 0.3) is 0 Å². The first-order valence-corrected chi connectivity index (χ1v) is 2.19. The molecule has 1 heterocycles. The molecule has 0 unspecified atom stereocenters. The van der Waals surface area contributed by atoms with Crippen molar-refractivity contribution in [2.75, 3.05) is 6.54 Å². The van der Waals surface area contributed by atoms with Crippen LogP contribution in [0.2, 0.25) is 0 Å². The predicted molar refractivity (Wildman–Crippen MR) is 27.2 cm³/mol. The van der Waals surface area contributed by atoms with Gasteiger partial charge in [-0.15, -0.1) is 0 Å². The van der Waals surface area contributed by atoms with E-state index in [9.17, 15) is 14.9 Å². The molecule has 9 heavy (non-hydrogen) atoms. The van der Waals surface area contributed by atoms with Crippen molar-refractivity contribution in [2.24, 2.45) is 5.10 Å². The minimum atomic E-state index is -0.735. The van der Waals surface area contributed by atoms with Crippen molar-refractivity contribution in [1.82, 2.24) is 5.12 Å². The first-order chi connectivity index (χ1) is 4.20. The van der Waals surface area contributed by atoms with E-state index >= 15 is 0 Å². The zero-order chi connectivity index (χ0) is 6.85. The number of Topliss-reactive ketones (excluding diaryl/α,β-unsaturated/α-hetero) is 1. The van der Waals surface area contributed by atoms with Crippen molar-refractivity contribution in [3.8, 4) is 0 Å². The van der Waals surface area contributed by atoms with Crippen LogP contribution in [-0.4, -0.2) is 28.7 Å². The molecular weight excluding hydrogens is 126 g/mol. The Morgan fingerprint density at radius 1 is 1.89 bits per heavy atom. The molecule has 0 bridgehead atoms. The van der Waals surface area contributed by atoms with E-state index in [-0.39, 0.29) is 12.3 Å². The number of ketones is 1. The maximum Gasteiger partial charge on any atom is 0.228 e. The number of hydrogen-bond acceptors (Lipinski definition) is 4. The zero-order valence-electron chi connectivity index (χ0n) is 4.35. The molecule has 0 aromatic heterocycles. The molecule has 1 aliphatic heterocycles. The second kappa shape index (κ2) is 1.81. The average Bonchev–Trinajstić information content (AvgIpc) is 2.14. The molecule has 0 saturated carbocycles. The van der Waals surface area contributed by atoms with Crippen LogP contribution in [0, 0.1) is 10.1 Å². The zero-order valence-corrected chi connectivity index (χ0v) is 4.35. The first-order valence-electron chi connectivity index (χ1n) is 2.19. The summed E-state index contributed by atoms with van der Waals surface area (Å²) < 4.78 is 0. The molecular formula is C3H3N3O3. The largest absolute Gasteiger partial charge is 0.339 e. The number of hydrazone groups is 1. The number of rotatable bonds is 1. The smallest absolute Gasteiger partial charge is 0.228 e. The lowest BCUT2D eigenvalue weighted by Crippen LogP contribution is -2.24. The molecule has 0 aliphatic carbocycles. The Kier molecular flexibility index (Phi) is 1.14. The van der Waals surface area contributed by atoms with Crippen LogP contribution >= 0.6 is 0 Å². The van der Waals surface area contributed by atoms with Gasteiger partial charge in [0.25, 0.3) is 0 Å². The molecule has 0 aromatic carbocycles. The molecule has 1 aliphatic rings. The third-order valence-electron chi connectivity index (χ3n) is 0.821. The SMILES string of the molecule is O=C1C=NN([N+](=O)[O-])C1. The van der Waals surface area contributed by atoms with E-state index in [1.165, 1.54) is 0 Å². The summed E-state index contributed by atoms with van der Waals surface area (Å²) in [4.78, 5) is 20.1. The summed E-state index contributed by atoms with van der Waals surface area (Å²) in [6.07, 6.45) is 0.933. The fraction of sp³-hybridized carbons (Fsp3) is 0.333. The lowest BCUT2D eigenvalue weighted by Gasteiger charge is -1.98. The number of nitro groups is 1. The topological polar surface area (TPSA) is 75.8 Å². The first kappa shape index (κ1) is 5.67. The van der Waals surface area contributed by atoms with E-state index in [4.69, 9.17) is 0 Å². The van der Waals surface area contributed by atoms with Gasteiger partial charge < -0.3 is 10.1 Å². The lowest BCUT2D eigenvalue weighted by molar-refractivity contribution is -0.653. The van der Waals surface area contributed by atoms with Gasteiger partial charge in [0, 0.05) is 10.2 Å². The van der Waals surface area contributed by atoms with Crippen LogP contribution in [0.15, 0.2) is 5.10 Å². The summed E-state index contributed by atoms with van der Waals surface area (Å²) in [6.45, 7) is -0.243. The second-order valence-electron chi connectivity index (χ2n) is 1.48. The van der Waals surface area contributed by atoms with E-state index in [0.717, 1.165) is 6.21 Å². The lowest BCUT2D eigenvalue weighted by atomic mass is 10.5. The number of carbonyl (C=O) groups excluding carboxylic acids is 1. The quantitative estimate of drug-likeness (QED) is 0.338. The normalized spacial score (nSPS) is 16.9. The van der Waals surface area contributed by atoms with Crippen LogP contribution < -0.4 is 0 Å². The van der Waals surface area contributed by atoms with Gasteiger partial charge in [-0.1, -0.05) is 0 Å². The van der Waals surface area contributed by atoms with Crippen molar-refractivity contribution in [2.45, 2.75) is 0 Å². The molecule has 1 rings (SSSR count). The van der Waals surface area contributed by atoms with Crippen LogP contribution in [0.4, 0.5) is 0 Å². The van der Waals surface area contributed by atoms with Crippen molar-refractivity contribution in [3.05, 3.63) is 10.1 Å². The Balaban J connectivity index is 2.60. The van der Waals surface area contributed by atoms with Crippen LogP contribution in [0.3, 0.4) is 0 Å². The number of hydrogen-bond donors (Lipinski definition) is 0. The van der Waals surface area contributed by atoms with Gasteiger partial charge in [-0.25, -0.2) is 0 Å².